The molecule has 4 rings (SSSR count). The van der Waals surface area contributed by atoms with E-state index in [-0.39, 0.29) is 42.5 Å². The number of carboxylic acids is 1. The molecule has 3 aliphatic rings. The highest BCUT2D eigenvalue weighted by atomic mass is 19.4. The van der Waals surface area contributed by atoms with E-state index in [9.17, 15) is 27.9 Å². The highest BCUT2D eigenvalue weighted by Gasteiger charge is 2.54. The van der Waals surface area contributed by atoms with E-state index in [1.165, 1.54) is 13.2 Å². The molecule has 7 nitrogen and oxygen atoms in total. The van der Waals surface area contributed by atoms with E-state index in [0.29, 0.717) is 30.4 Å². The lowest BCUT2D eigenvalue weighted by atomic mass is 9.83. The van der Waals surface area contributed by atoms with Crippen molar-refractivity contribution in [2.24, 2.45) is 23.7 Å². The van der Waals surface area contributed by atoms with Crippen molar-refractivity contribution in [2.45, 2.75) is 96.0 Å². The molecule has 1 aromatic carbocycles. The van der Waals surface area contributed by atoms with Crippen LogP contribution in [0.3, 0.4) is 0 Å². The van der Waals surface area contributed by atoms with Gasteiger partial charge >= 0.3 is 12.1 Å². The maximum Gasteiger partial charge on any atom is 0.416 e. The number of carbonyl (C=O) groups excluding carboxylic acids is 1. The first-order chi connectivity index (χ1) is 19.4. The van der Waals surface area contributed by atoms with E-state index < -0.39 is 23.3 Å². The Kier molecular flexibility index (Phi) is 10.3. The smallest absolute Gasteiger partial charge is 0.416 e. The van der Waals surface area contributed by atoms with Gasteiger partial charge in [0.05, 0.1) is 19.3 Å². The number of carboxylic acid groups (broad SMARTS) is 1. The van der Waals surface area contributed by atoms with Gasteiger partial charge in [0, 0.05) is 25.6 Å². The summed E-state index contributed by atoms with van der Waals surface area (Å²) in [6.07, 6.45) is 3.07. The van der Waals surface area contributed by atoms with Crippen LogP contribution in [-0.4, -0.2) is 60.3 Å². The summed E-state index contributed by atoms with van der Waals surface area (Å²) >= 11 is 0. The van der Waals surface area contributed by atoms with Crippen LogP contribution in [0.2, 0.25) is 0 Å². The van der Waals surface area contributed by atoms with Crippen molar-refractivity contribution in [1.82, 2.24) is 10.2 Å². The van der Waals surface area contributed by atoms with Gasteiger partial charge in [0.1, 0.15) is 11.4 Å². The minimum Gasteiger partial charge on any atom is -0.497 e. The molecule has 0 radical (unpaired) electrons. The molecule has 2 aliphatic heterocycles. The fraction of sp³-hybridized carbons (Fsp3) is 0.742. The number of hydrogen-bond acceptors (Lipinski definition) is 5. The Labute approximate surface area is 241 Å². The molecule has 1 saturated carbocycles. The summed E-state index contributed by atoms with van der Waals surface area (Å²) in [5, 5.41) is 12.1. The molecule has 0 bridgehead atoms. The third kappa shape index (κ3) is 8.15. The van der Waals surface area contributed by atoms with Gasteiger partial charge < -0.3 is 19.9 Å². The van der Waals surface area contributed by atoms with Crippen molar-refractivity contribution in [2.75, 3.05) is 26.8 Å². The Bertz CT molecular complexity index is 1050. The number of benzene rings is 1. The summed E-state index contributed by atoms with van der Waals surface area (Å²) in [6.45, 7) is 6.60. The Morgan fingerprint density at radius 1 is 1.17 bits per heavy atom. The van der Waals surface area contributed by atoms with Gasteiger partial charge in [0.2, 0.25) is 0 Å². The SMILES string of the molecule is COc1cc(CNC(=O)[C@@]2(C3CC3)CC[C@@H](N3CCCC([C@@H](C)CC(=O)O)CC[C@@H](C)C3)CO2)cc(C(F)(F)F)c1. The van der Waals surface area contributed by atoms with Crippen LogP contribution in [0.1, 0.15) is 82.8 Å². The molecule has 1 amide bonds. The summed E-state index contributed by atoms with van der Waals surface area (Å²) in [6, 6.07) is 3.71. The Hall–Kier alpha value is -2.33. The summed E-state index contributed by atoms with van der Waals surface area (Å²) in [5.41, 5.74) is -1.42. The number of ether oxygens (including phenoxy) is 2. The van der Waals surface area contributed by atoms with Crippen LogP contribution < -0.4 is 10.1 Å². The number of alkyl halides is 3. The highest BCUT2D eigenvalue weighted by molar-refractivity contribution is 5.86. The summed E-state index contributed by atoms with van der Waals surface area (Å²) < 4.78 is 51.5. The number of hydrogen-bond donors (Lipinski definition) is 2. The van der Waals surface area contributed by atoms with Crippen LogP contribution in [0, 0.1) is 23.7 Å². The molecule has 1 aromatic rings. The van der Waals surface area contributed by atoms with E-state index in [1.807, 2.05) is 0 Å². The maximum absolute atomic E-state index is 13.5. The Morgan fingerprint density at radius 3 is 2.54 bits per heavy atom. The monoisotopic (exact) mass is 582 g/mol. The molecule has 10 heteroatoms. The Balaban J connectivity index is 1.36. The lowest BCUT2D eigenvalue weighted by Crippen LogP contribution is -2.57. The molecule has 2 N–H and O–H groups in total. The van der Waals surface area contributed by atoms with Crippen molar-refractivity contribution in [3.8, 4) is 5.75 Å². The first kappa shape index (κ1) is 31.6. The summed E-state index contributed by atoms with van der Waals surface area (Å²) in [4.78, 5) is 27.3. The van der Waals surface area contributed by atoms with Gasteiger partial charge in [0.15, 0.2) is 0 Å². The maximum atomic E-state index is 13.5. The minimum atomic E-state index is -4.51. The van der Waals surface area contributed by atoms with Crippen LogP contribution >= 0.6 is 0 Å². The van der Waals surface area contributed by atoms with Gasteiger partial charge in [-0.05, 0) is 105 Å². The zero-order chi connectivity index (χ0) is 29.8. The van der Waals surface area contributed by atoms with Gasteiger partial charge in [-0.15, -0.1) is 0 Å². The molecular weight excluding hydrogens is 537 g/mol. The molecule has 230 valence electrons. The molecule has 0 aromatic heterocycles. The lowest BCUT2D eigenvalue weighted by molar-refractivity contribution is -0.165. The predicted molar refractivity (Wildman–Crippen MR) is 148 cm³/mol. The number of methoxy groups -OCH3 is 1. The summed E-state index contributed by atoms with van der Waals surface area (Å²) in [7, 11) is 1.32. The number of nitrogens with one attached hydrogen (secondary N) is 1. The Morgan fingerprint density at radius 2 is 1.93 bits per heavy atom. The predicted octanol–water partition coefficient (Wildman–Crippen LogP) is 5.90. The third-order valence-electron chi connectivity index (χ3n) is 9.40. The minimum absolute atomic E-state index is 0.0362. The number of nitrogens with zero attached hydrogens (tertiary/aromatic N) is 1. The fourth-order valence-electron chi connectivity index (χ4n) is 6.81. The molecule has 41 heavy (non-hydrogen) atoms. The van der Waals surface area contributed by atoms with Crippen LogP contribution in [0.4, 0.5) is 13.2 Å². The molecule has 2 saturated heterocycles. The zero-order valence-corrected chi connectivity index (χ0v) is 24.5. The molecule has 0 spiro atoms. The molecule has 3 fully saturated rings. The third-order valence-corrected chi connectivity index (χ3v) is 9.40. The largest absolute Gasteiger partial charge is 0.497 e. The second-order valence-electron chi connectivity index (χ2n) is 12.6. The van der Waals surface area contributed by atoms with Gasteiger partial charge in [-0.25, -0.2) is 0 Å². The second-order valence-corrected chi connectivity index (χ2v) is 12.6. The molecule has 1 unspecified atom stereocenters. The average Bonchev–Trinajstić information content (AvgIpc) is 3.77. The van der Waals surface area contributed by atoms with Crippen molar-refractivity contribution in [3.05, 3.63) is 29.3 Å². The molecule has 1 aliphatic carbocycles. The van der Waals surface area contributed by atoms with Crippen molar-refractivity contribution < 1.29 is 37.3 Å². The van der Waals surface area contributed by atoms with Gasteiger partial charge in [0.25, 0.3) is 5.91 Å². The van der Waals surface area contributed by atoms with E-state index >= 15 is 0 Å². The normalized spacial score (nSPS) is 29.1. The van der Waals surface area contributed by atoms with Gasteiger partial charge in [-0.1, -0.05) is 13.8 Å². The van der Waals surface area contributed by atoms with E-state index in [4.69, 9.17) is 9.47 Å². The summed E-state index contributed by atoms with van der Waals surface area (Å²) in [5.74, 6) is 0.310. The van der Waals surface area contributed by atoms with Crippen LogP contribution in [0.25, 0.3) is 0 Å². The molecular formula is C31H45F3N2O5. The van der Waals surface area contributed by atoms with Crippen molar-refractivity contribution in [3.63, 3.8) is 0 Å². The van der Waals surface area contributed by atoms with Gasteiger partial charge in [-0.3, -0.25) is 14.5 Å². The van der Waals surface area contributed by atoms with Crippen molar-refractivity contribution in [1.29, 1.82) is 0 Å². The first-order valence-electron chi connectivity index (χ1n) is 15.0. The van der Waals surface area contributed by atoms with E-state index in [1.54, 1.807) is 0 Å². The average molecular weight is 583 g/mol. The van der Waals surface area contributed by atoms with E-state index in [0.717, 1.165) is 70.2 Å². The van der Waals surface area contributed by atoms with Crippen molar-refractivity contribution >= 4 is 11.9 Å². The van der Waals surface area contributed by atoms with Crippen LogP contribution in [0.5, 0.6) is 5.75 Å². The number of halogens is 3. The molecule has 5 atom stereocenters. The van der Waals surface area contributed by atoms with Crippen LogP contribution in [0.15, 0.2) is 18.2 Å². The topological polar surface area (TPSA) is 88.1 Å². The van der Waals surface area contributed by atoms with E-state index in [2.05, 4.69) is 24.1 Å². The molecule has 2 heterocycles. The second kappa shape index (κ2) is 13.3. The number of aliphatic carboxylic acids is 1. The fourth-order valence-corrected chi connectivity index (χ4v) is 6.81. The first-order valence-corrected chi connectivity index (χ1v) is 15.0. The number of rotatable bonds is 9. The highest BCUT2D eigenvalue weighted by Crippen LogP contribution is 2.47. The number of amides is 1. The van der Waals surface area contributed by atoms with Gasteiger partial charge in [-0.2, -0.15) is 13.2 Å². The standard InChI is InChI=1S/C31H45F3N2O5/c1-20-6-7-23(21(2)13-28(37)38)5-4-12-36(18-20)26-10-11-30(41-19-26,24-8-9-24)29(39)35-17-22-14-25(31(32,33)34)16-27(15-22)40-3/h14-16,20-21,23-24,26H,4-13,17-19H2,1-3H3,(H,35,39)(H,37,38)/t20-,21+,23?,26-,30+/m1/s1. The number of carbonyl (C=O) groups is 2. The quantitative estimate of drug-likeness (QED) is 0.377. The lowest BCUT2D eigenvalue weighted by Gasteiger charge is -2.43. The van der Waals surface area contributed by atoms with Crippen LogP contribution in [-0.2, 0) is 27.0 Å². The zero-order valence-electron chi connectivity index (χ0n) is 24.5.